The fourth-order valence-electron chi connectivity index (χ4n) is 1.52. The molecule has 0 spiro atoms. The molecule has 0 unspecified atom stereocenters. The van der Waals surface area contributed by atoms with Crippen LogP contribution in [0.3, 0.4) is 0 Å². The maximum Gasteiger partial charge on any atom is 0.127 e. The van der Waals surface area contributed by atoms with E-state index >= 15 is 0 Å². The van der Waals surface area contributed by atoms with E-state index in [1.165, 1.54) is 6.07 Å². The van der Waals surface area contributed by atoms with Crippen molar-refractivity contribution in [2.45, 2.75) is 4.90 Å². The first-order valence-corrected chi connectivity index (χ1v) is 6.05. The molecule has 0 amide bonds. The first-order chi connectivity index (χ1) is 7.69. The molecule has 0 aliphatic heterocycles. The Bertz CT molecular complexity index is 474. The Morgan fingerprint density at radius 3 is 2.25 bits per heavy atom. The minimum Gasteiger partial charge on any atom is -0.508 e. The van der Waals surface area contributed by atoms with E-state index in [2.05, 4.69) is 0 Å². The lowest BCUT2D eigenvalue weighted by Crippen LogP contribution is -1.81. The molecule has 1 N–H and O–H groups in total. The van der Waals surface area contributed by atoms with Gasteiger partial charge >= 0.3 is 0 Å². The van der Waals surface area contributed by atoms with Gasteiger partial charge in [0.1, 0.15) is 11.6 Å². The van der Waals surface area contributed by atoms with Crippen LogP contribution in [0.25, 0.3) is 11.1 Å². The number of halogens is 1. The third-order valence-electron chi connectivity index (χ3n) is 2.31. The van der Waals surface area contributed by atoms with E-state index in [0.717, 1.165) is 16.5 Å². The van der Waals surface area contributed by atoms with E-state index in [9.17, 15) is 9.50 Å². The van der Waals surface area contributed by atoms with Crippen molar-refractivity contribution in [3.05, 3.63) is 48.3 Å². The van der Waals surface area contributed by atoms with Crippen molar-refractivity contribution >= 4 is 11.8 Å². The number of hydrogen-bond acceptors (Lipinski definition) is 2. The maximum atomic E-state index is 13.1. The second kappa shape index (κ2) is 4.58. The van der Waals surface area contributed by atoms with Crippen molar-refractivity contribution < 1.29 is 9.50 Å². The summed E-state index contributed by atoms with van der Waals surface area (Å²) in [5, 5.41) is 9.31. The molecular weight excluding hydrogens is 223 g/mol. The van der Waals surface area contributed by atoms with Crippen LogP contribution in [0.4, 0.5) is 4.39 Å². The Hall–Kier alpha value is -1.48. The van der Waals surface area contributed by atoms with Gasteiger partial charge in [-0.25, -0.2) is 4.39 Å². The predicted molar refractivity (Wildman–Crippen MR) is 65.3 cm³/mol. The Labute approximate surface area is 97.9 Å². The van der Waals surface area contributed by atoms with E-state index in [1.807, 2.05) is 30.5 Å². The summed E-state index contributed by atoms with van der Waals surface area (Å²) >= 11 is 1.66. The highest BCUT2D eigenvalue weighted by atomic mass is 32.2. The topological polar surface area (TPSA) is 20.2 Å². The quantitative estimate of drug-likeness (QED) is 0.795. The SMILES string of the molecule is CSc1ccc(-c2cc(O)cc(F)c2)cc1. The number of hydrogen-bond donors (Lipinski definition) is 1. The van der Waals surface area contributed by atoms with Crippen LogP contribution in [0.15, 0.2) is 47.4 Å². The second-order valence-electron chi connectivity index (χ2n) is 3.43. The molecule has 0 aliphatic rings. The molecule has 0 bridgehead atoms. The van der Waals surface area contributed by atoms with Gasteiger partial charge in [0.2, 0.25) is 0 Å². The van der Waals surface area contributed by atoms with Crippen molar-refractivity contribution in [2.24, 2.45) is 0 Å². The first kappa shape index (κ1) is 11.0. The van der Waals surface area contributed by atoms with Gasteiger partial charge < -0.3 is 5.11 Å². The van der Waals surface area contributed by atoms with Crippen molar-refractivity contribution in [3.8, 4) is 16.9 Å². The van der Waals surface area contributed by atoms with Crippen LogP contribution >= 0.6 is 11.8 Å². The Morgan fingerprint density at radius 2 is 1.69 bits per heavy atom. The van der Waals surface area contributed by atoms with Crippen molar-refractivity contribution in [3.63, 3.8) is 0 Å². The number of phenolic OH excluding ortho intramolecular Hbond substituents is 1. The van der Waals surface area contributed by atoms with Crippen molar-refractivity contribution in [2.75, 3.05) is 6.26 Å². The van der Waals surface area contributed by atoms with Crippen molar-refractivity contribution in [1.29, 1.82) is 0 Å². The van der Waals surface area contributed by atoms with Crippen LogP contribution in [0.2, 0.25) is 0 Å². The predicted octanol–water partition coefficient (Wildman–Crippen LogP) is 3.92. The van der Waals surface area contributed by atoms with Gasteiger partial charge in [0.25, 0.3) is 0 Å². The van der Waals surface area contributed by atoms with Crippen LogP contribution < -0.4 is 0 Å². The van der Waals surface area contributed by atoms with Crippen LogP contribution in [-0.2, 0) is 0 Å². The third kappa shape index (κ3) is 2.36. The minimum atomic E-state index is -0.427. The summed E-state index contributed by atoms with van der Waals surface area (Å²) in [4.78, 5) is 1.16. The van der Waals surface area contributed by atoms with Crippen LogP contribution in [-0.4, -0.2) is 11.4 Å². The lowest BCUT2D eigenvalue weighted by molar-refractivity contribution is 0.469. The van der Waals surface area contributed by atoms with E-state index in [4.69, 9.17) is 0 Å². The van der Waals surface area contributed by atoms with Gasteiger partial charge in [-0.05, 0) is 41.6 Å². The highest BCUT2D eigenvalue weighted by molar-refractivity contribution is 7.98. The number of benzene rings is 2. The molecular formula is C13H11FOS. The van der Waals surface area contributed by atoms with Crippen LogP contribution in [0.1, 0.15) is 0 Å². The van der Waals surface area contributed by atoms with E-state index in [0.29, 0.717) is 5.56 Å². The van der Waals surface area contributed by atoms with Gasteiger partial charge in [-0.15, -0.1) is 11.8 Å². The fourth-order valence-corrected chi connectivity index (χ4v) is 1.93. The zero-order valence-corrected chi connectivity index (χ0v) is 9.59. The van der Waals surface area contributed by atoms with Gasteiger partial charge in [0.15, 0.2) is 0 Å². The van der Waals surface area contributed by atoms with Crippen LogP contribution in [0, 0.1) is 5.82 Å². The Kier molecular flexibility index (Phi) is 3.15. The molecule has 1 nitrogen and oxygen atoms in total. The molecule has 2 aromatic rings. The molecule has 0 aliphatic carbocycles. The number of aromatic hydroxyl groups is 1. The molecule has 0 saturated carbocycles. The zero-order valence-electron chi connectivity index (χ0n) is 8.77. The summed E-state index contributed by atoms with van der Waals surface area (Å²) in [7, 11) is 0. The standard InChI is InChI=1S/C13H11FOS/c1-16-13-4-2-9(3-5-13)10-6-11(14)8-12(15)7-10/h2-8,15H,1H3. The van der Waals surface area contributed by atoms with Crippen LogP contribution in [0.5, 0.6) is 5.75 Å². The normalized spacial score (nSPS) is 10.4. The Balaban J connectivity index is 2.42. The van der Waals surface area contributed by atoms with Gasteiger partial charge in [-0.1, -0.05) is 12.1 Å². The minimum absolute atomic E-state index is 0.0519. The lowest BCUT2D eigenvalue weighted by atomic mass is 10.1. The lowest BCUT2D eigenvalue weighted by Gasteiger charge is -2.04. The molecule has 0 heterocycles. The molecule has 0 fully saturated rings. The number of phenols is 1. The zero-order chi connectivity index (χ0) is 11.5. The first-order valence-electron chi connectivity index (χ1n) is 4.83. The molecule has 0 saturated heterocycles. The number of thioether (sulfide) groups is 1. The Morgan fingerprint density at radius 1 is 1.00 bits per heavy atom. The fraction of sp³-hybridized carbons (Fsp3) is 0.0769. The summed E-state index contributed by atoms with van der Waals surface area (Å²) in [5.74, 6) is -0.479. The average molecular weight is 234 g/mol. The molecule has 3 heteroatoms. The second-order valence-corrected chi connectivity index (χ2v) is 4.31. The monoisotopic (exact) mass is 234 g/mol. The summed E-state index contributed by atoms with van der Waals surface area (Å²) in [6, 6.07) is 11.8. The molecule has 0 aromatic heterocycles. The van der Waals surface area contributed by atoms with E-state index < -0.39 is 5.82 Å². The summed E-state index contributed by atoms with van der Waals surface area (Å²) in [6.45, 7) is 0. The molecule has 2 rings (SSSR count). The van der Waals surface area contributed by atoms with Gasteiger partial charge in [-0.3, -0.25) is 0 Å². The van der Waals surface area contributed by atoms with Gasteiger partial charge in [0.05, 0.1) is 0 Å². The highest BCUT2D eigenvalue weighted by Gasteiger charge is 2.02. The van der Waals surface area contributed by atoms with Gasteiger partial charge in [-0.2, -0.15) is 0 Å². The van der Waals surface area contributed by atoms with E-state index in [-0.39, 0.29) is 5.75 Å². The highest BCUT2D eigenvalue weighted by Crippen LogP contribution is 2.26. The number of rotatable bonds is 2. The van der Waals surface area contributed by atoms with Gasteiger partial charge in [0, 0.05) is 11.0 Å². The average Bonchev–Trinajstić information content (AvgIpc) is 2.28. The van der Waals surface area contributed by atoms with Crippen molar-refractivity contribution in [1.82, 2.24) is 0 Å². The molecule has 2 aromatic carbocycles. The molecule has 0 radical (unpaired) electrons. The maximum absolute atomic E-state index is 13.1. The summed E-state index contributed by atoms with van der Waals surface area (Å²) in [6.07, 6.45) is 2.00. The largest absolute Gasteiger partial charge is 0.508 e. The summed E-state index contributed by atoms with van der Waals surface area (Å²) in [5.41, 5.74) is 1.58. The molecule has 16 heavy (non-hydrogen) atoms. The molecule has 82 valence electrons. The third-order valence-corrected chi connectivity index (χ3v) is 3.05. The smallest absolute Gasteiger partial charge is 0.127 e. The summed E-state index contributed by atoms with van der Waals surface area (Å²) < 4.78 is 13.1. The van der Waals surface area contributed by atoms with E-state index in [1.54, 1.807) is 17.8 Å². The molecule has 0 atom stereocenters.